The van der Waals surface area contributed by atoms with Gasteiger partial charge in [0.1, 0.15) is 0 Å². The fourth-order valence-corrected chi connectivity index (χ4v) is 4.66. The molecule has 0 bridgehead atoms. The van der Waals surface area contributed by atoms with Gasteiger partial charge in [-0.05, 0) is 45.2 Å². The number of hydrogen-bond donors (Lipinski definition) is 1. The van der Waals surface area contributed by atoms with Crippen LogP contribution >= 0.6 is 18.2 Å². The van der Waals surface area contributed by atoms with Gasteiger partial charge in [-0.2, -0.15) is 0 Å². The van der Waals surface area contributed by atoms with E-state index in [-0.39, 0.29) is 0 Å². The van der Waals surface area contributed by atoms with E-state index in [1.54, 1.807) is 0 Å². The highest BCUT2D eigenvalue weighted by atomic mass is 32.7. The van der Waals surface area contributed by atoms with E-state index < -0.39 is 14.1 Å². The molecule has 0 spiro atoms. The molecule has 12 heteroatoms. The lowest BCUT2D eigenvalue weighted by molar-refractivity contribution is -0.361. The first-order chi connectivity index (χ1) is 11.0. The second-order valence-electron chi connectivity index (χ2n) is 4.14. The second-order valence-corrected chi connectivity index (χ2v) is 8.33. The van der Waals surface area contributed by atoms with E-state index in [2.05, 4.69) is 24.5 Å². The van der Waals surface area contributed by atoms with Gasteiger partial charge in [-0.15, -0.1) is 0 Å². The summed E-state index contributed by atoms with van der Waals surface area (Å²) in [5.74, 6) is 0.777. The van der Waals surface area contributed by atoms with Crippen LogP contribution in [0.15, 0.2) is 0 Å². The average Bonchev–Trinajstić information content (AvgIpc) is 2.43. The third kappa shape index (κ3) is 27.1. The molecule has 0 amide bonds. The lowest BCUT2D eigenvalue weighted by atomic mass is 10.3. The quantitative estimate of drug-likeness (QED) is 0.342. The van der Waals surface area contributed by atoms with Gasteiger partial charge in [-0.3, -0.25) is 0 Å². The molecule has 24 heavy (non-hydrogen) atoms. The molecule has 0 aromatic rings. The van der Waals surface area contributed by atoms with Crippen LogP contribution in [0.25, 0.3) is 0 Å². The Balaban J connectivity index is -0.000000458. The summed E-state index contributed by atoms with van der Waals surface area (Å²) < 4.78 is 61.5. The molecule has 0 rings (SSSR count). The molecular weight excluding hydrogens is 370 g/mol. The summed E-state index contributed by atoms with van der Waals surface area (Å²) in [5.41, 5.74) is 3.49. The Morgan fingerprint density at radius 1 is 1.00 bits per heavy atom. The van der Waals surface area contributed by atoms with Crippen molar-refractivity contribution in [3.05, 3.63) is 0 Å². The molecule has 0 aliphatic heterocycles. The molecular formula is C12H32BF4N2O3PS. The van der Waals surface area contributed by atoms with Gasteiger partial charge in [-0.25, -0.2) is 4.57 Å². The van der Waals surface area contributed by atoms with Crippen molar-refractivity contribution in [3.63, 3.8) is 0 Å². The van der Waals surface area contributed by atoms with Crippen LogP contribution in [-0.2, 0) is 13.6 Å². The van der Waals surface area contributed by atoms with Gasteiger partial charge in [0, 0.05) is 12.3 Å². The summed E-state index contributed by atoms with van der Waals surface area (Å²) in [6.07, 6.45) is 0. The molecule has 0 aromatic carbocycles. The van der Waals surface area contributed by atoms with Crippen molar-refractivity contribution in [2.24, 2.45) is 0 Å². The summed E-state index contributed by atoms with van der Waals surface area (Å²) >= 11 is 1.30. The summed E-state index contributed by atoms with van der Waals surface area (Å²) in [6.45, 7) is 11.8. The first kappa shape index (κ1) is 29.0. The van der Waals surface area contributed by atoms with E-state index >= 15 is 0 Å². The molecule has 0 atom stereocenters. The van der Waals surface area contributed by atoms with Crippen molar-refractivity contribution in [2.75, 3.05) is 45.1 Å². The van der Waals surface area contributed by atoms with Crippen LogP contribution in [0.1, 0.15) is 34.6 Å². The summed E-state index contributed by atoms with van der Waals surface area (Å²) in [7, 11) is -6.00. The first-order valence-electron chi connectivity index (χ1n) is 7.95. The van der Waals surface area contributed by atoms with Gasteiger partial charge in [-0.1, -0.05) is 13.8 Å². The Hall–Kier alpha value is 0.205. The minimum absolute atomic E-state index is 0.426. The Labute approximate surface area is 147 Å². The fourth-order valence-electron chi connectivity index (χ4n) is 1.25. The minimum Gasteiger partial charge on any atom is -0.418 e. The van der Waals surface area contributed by atoms with E-state index in [9.17, 15) is 21.8 Å². The van der Waals surface area contributed by atoms with Crippen LogP contribution in [-0.4, -0.2) is 57.3 Å². The largest absolute Gasteiger partial charge is 0.673 e. The van der Waals surface area contributed by atoms with Crippen LogP contribution in [0.3, 0.4) is 0 Å². The molecule has 0 aliphatic carbocycles. The fraction of sp³-hybridized carbons (Fsp3) is 1.00. The third-order valence-electron chi connectivity index (χ3n) is 2.13. The molecule has 150 valence electrons. The molecule has 0 heterocycles. The van der Waals surface area contributed by atoms with E-state index in [4.69, 9.17) is 9.05 Å². The molecule has 0 aliphatic rings. The maximum atomic E-state index is 12.1. The Morgan fingerprint density at radius 2 is 1.33 bits per heavy atom. The summed E-state index contributed by atoms with van der Waals surface area (Å²) in [6, 6.07) is 0. The average molecular weight is 402 g/mol. The van der Waals surface area contributed by atoms with E-state index in [1.165, 1.54) is 11.4 Å². The molecule has 0 aromatic heterocycles. The molecule has 0 saturated heterocycles. The van der Waals surface area contributed by atoms with Crippen molar-refractivity contribution >= 4 is 25.4 Å². The van der Waals surface area contributed by atoms with E-state index in [0.29, 0.717) is 13.2 Å². The van der Waals surface area contributed by atoms with Gasteiger partial charge in [0.15, 0.2) is 0 Å². The Kier molecular flexibility index (Phi) is 21.8. The standard InChI is InChI=1S/C10H24NO3PS.C2H7N.BF4/c1-5-11(6-2)9-10-16-15(12,13-7-3)14-8-4;1-2-3;2-1(3,4)5/h5-10H2,1-4H3;2-3H2,1H3;/q;;-1/p+1. The molecule has 5 nitrogen and oxygen atoms in total. The summed E-state index contributed by atoms with van der Waals surface area (Å²) in [5, 5.41) is 0. The topological polar surface area (TPSA) is 66.4 Å². The molecule has 0 unspecified atom stereocenters. The number of hydrogen-bond acceptors (Lipinski definition) is 5. The monoisotopic (exact) mass is 402 g/mol. The number of quaternary nitrogens is 1. The van der Waals surface area contributed by atoms with Crippen molar-refractivity contribution < 1.29 is 36.6 Å². The summed E-state index contributed by atoms with van der Waals surface area (Å²) in [4.78, 5) is 2.29. The molecule has 0 fully saturated rings. The number of halogens is 4. The van der Waals surface area contributed by atoms with E-state index in [0.717, 1.165) is 31.9 Å². The SMILES string of the molecule is CCOP(=O)(OCC)SCCN(CC)CC.CC[NH3+].F[B-](F)(F)F. The van der Waals surface area contributed by atoms with Gasteiger partial charge in [0.2, 0.25) is 0 Å². The van der Waals surface area contributed by atoms with Gasteiger partial charge in [0.25, 0.3) is 0 Å². The maximum Gasteiger partial charge on any atom is 0.673 e. The Bertz CT molecular complexity index is 299. The van der Waals surface area contributed by atoms with Crippen molar-refractivity contribution in [3.8, 4) is 0 Å². The van der Waals surface area contributed by atoms with Gasteiger partial charge >= 0.3 is 14.1 Å². The highest BCUT2D eigenvalue weighted by Crippen LogP contribution is 2.60. The van der Waals surface area contributed by atoms with Crippen molar-refractivity contribution in [1.29, 1.82) is 0 Å². The van der Waals surface area contributed by atoms with Gasteiger partial charge in [0.05, 0.1) is 19.8 Å². The van der Waals surface area contributed by atoms with Crippen LogP contribution in [0.4, 0.5) is 17.3 Å². The normalized spacial score (nSPS) is 11.5. The predicted molar refractivity (Wildman–Crippen MR) is 94.7 cm³/mol. The minimum atomic E-state index is -6.00. The van der Waals surface area contributed by atoms with Crippen LogP contribution in [0, 0.1) is 0 Å². The van der Waals surface area contributed by atoms with Gasteiger partial charge < -0.3 is 36.9 Å². The second kappa shape index (κ2) is 18.0. The number of nitrogens with zero attached hydrogens (tertiary/aromatic N) is 1. The molecule has 0 radical (unpaired) electrons. The zero-order valence-corrected chi connectivity index (χ0v) is 17.0. The van der Waals surface area contributed by atoms with Crippen LogP contribution in [0.2, 0.25) is 0 Å². The van der Waals surface area contributed by atoms with Crippen LogP contribution < -0.4 is 5.73 Å². The highest BCUT2D eigenvalue weighted by molar-refractivity contribution is 8.55. The zero-order chi connectivity index (χ0) is 19.6. The van der Waals surface area contributed by atoms with Crippen molar-refractivity contribution in [1.82, 2.24) is 4.90 Å². The lowest BCUT2D eigenvalue weighted by Crippen LogP contribution is -2.48. The maximum absolute atomic E-state index is 12.1. The van der Waals surface area contributed by atoms with Crippen LogP contribution in [0.5, 0.6) is 0 Å². The Morgan fingerprint density at radius 3 is 1.58 bits per heavy atom. The van der Waals surface area contributed by atoms with E-state index in [1.807, 2.05) is 20.8 Å². The lowest BCUT2D eigenvalue weighted by Gasteiger charge is -2.20. The smallest absolute Gasteiger partial charge is 0.418 e. The predicted octanol–water partition coefficient (Wildman–Crippen LogP) is 3.79. The zero-order valence-electron chi connectivity index (χ0n) is 15.3. The molecule has 0 saturated carbocycles. The third-order valence-corrected chi connectivity index (χ3v) is 6.08. The number of rotatable bonds is 10. The molecule has 3 N–H and O–H groups in total. The highest BCUT2D eigenvalue weighted by Gasteiger charge is 2.24. The van der Waals surface area contributed by atoms with Crippen molar-refractivity contribution in [2.45, 2.75) is 34.6 Å². The first-order valence-corrected chi connectivity index (χ1v) is 11.1.